The van der Waals surface area contributed by atoms with Crippen molar-refractivity contribution in [3.8, 4) is 0 Å². The van der Waals surface area contributed by atoms with E-state index in [0.717, 1.165) is 4.88 Å². The van der Waals surface area contributed by atoms with Crippen molar-refractivity contribution in [2.45, 2.75) is 6.54 Å². The molecule has 4 nitrogen and oxygen atoms in total. The van der Waals surface area contributed by atoms with E-state index >= 15 is 0 Å². The van der Waals surface area contributed by atoms with Crippen molar-refractivity contribution in [1.82, 2.24) is 10.3 Å². The maximum atomic E-state index is 11.9. The molecule has 0 saturated carbocycles. The Labute approximate surface area is 118 Å². The van der Waals surface area contributed by atoms with Gasteiger partial charge in [-0.05, 0) is 12.1 Å². The Morgan fingerprint density at radius 1 is 1.44 bits per heavy atom. The largest absolute Gasteiger partial charge is 0.399 e. The molecular weight excluding hydrogens is 293 g/mol. The molecule has 0 aliphatic heterocycles. The Balaban J connectivity index is 2.14. The topological polar surface area (TPSA) is 68.0 Å². The Hall–Kier alpha value is -1.30. The lowest BCUT2D eigenvalue weighted by atomic mass is 10.2. The van der Waals surface area contributed by atoms with E-state index in [0.29, 0.717) is 12.2 Å². The number of thiazole rings is 1. The number of carbonyl (C=O) groups is 1. The summed E-state index contributed by atoms with van der Waals surface area (Å²) in [4.78, 5) is 16.8. The molecule has 0 spiro atoms. The second kappa shape index (κ2) is 5.56. The normalized spacial score (nSPS) is 10.3. The number of nitrogen functional groups attached to an aromatic ring is 1. The summed E-state index contributed by atoms with van der Waals surface area (Å²) in [5, 5.41) is 3.19. The van der Waals surface area contributed by atoms with Crippen LogP contribution in [-0.4, -0.2) is 10.9 Å². The fraction of sp³-hybridized carbons (Fsp3) is 0.0909. The van der Waals surface area contributed by atoms with Crippen molar-refractivity contribution in [3.05, 3.63) is 44.3 Å². The average molecular weight is 302 g/mol. The summed E-state index contributed by atoms with van der Waals surface area (Å²) in [5.74, 6) is -0.317. The lowest BCUT2D eigenvalue weighted by Crippen LogP contribution is -2.22. The third kappa shape index (κ3) is 2.93. The molecule has 7 heteroatoms. The van der Waals surface area contributed by atoms with Crippen molar-refractivity contribution in [3.63, 3.8) is 0 Å². The van der Waals surface area contributed by atoms with Gasteiger partial charge in [-0.2, -0.15) is 0 Å². The summed E-state index contributed by atoms with van der Waals surface area (Å²) in [6.45, 7) is 0.395. The van der Waals surface area contributed by atoms with Crippen LogP contribution in [0, 0.1) is 0 Å². The first-order valence-electron chi connectivity index (χ1n) is 4.98. The zero-order chi connectivity index (χ0) is 13.1. The van der Waals surface area contributed by atoms with Crippen LogP contribution in [0.2, 0.25) is 10.0 Å². The molecule has 0 aliphatic rings. The highest BCUT2D eigenvalue weighted by Crippen LogP contribution is 2.28. The Morgan fingerprint density at radius 3 is 2.89 bits per heavy atom. The van der Waals surface area contributed by atoms with Gasteiger partial charge in [0.05, 0.1) is 27.7 Å². The number of anilines is 1. The second-order valence-corrected chi connectivity index (χ2v) is 5.27. The SMILES string of the molecule is Nc1cc(Cl)c(Cl)c(C(=O)NCc2cncs2)c1. The van der Waals surface area contributed by atoms with E-state index in [1.54, 1.807) is 11.7 Å². The second-order valence-electron chi connectivity index (χ2n) is 3.51. The number of rotatable bonds is 3. The lowest BCUT2D eigenvalue weighted by Gasteiger charge is -2.08. The third-order valence-corrected chi connectivity index (χ3v) is 3.78. The average Bonchev–Trinajstić information content (AvgIpc) is 2.83. The van der Waals surface area contributed by atoms with Gasteiger partial charge in [-0.1, -0.05) is 23.2 Å². The standard InChI is InChI=1S/C11H9Cl2N3OS/c12-9-2-6(14)1-8(10(9)13)11(17)16-4-7-3-15-5-18-7/h1-3,5H,4,14H2,(H,16,17). The number of benzene rings is 1. The predicted molar refractivity (Wildman–Crippen MR) is 74.2 cm³/mol. The third-order valence-electron chi connectivity index (χ3n) is 2.20. The van der Waals surface area contributed by atoms with Crippen LogP contribution in [-0.2, 0) is 6.54 Å². The molecule has 1 aromatic carbocycles. The minimum atomic E-state index is -0.317. The van der Waals surface area contributed by atoms with Gasteiger partial charge in [0.25, 0.3) is 5.91 Å². The summed E-state index contributed by atoms with van der Waals surface area (Å²) in [7, 11) is 0. The van der Waals surface area contributed by atoms with Crippen LogP contribution >= 0.6 is 34.5 Å². The first-order valence-corrected chi connectivity index (χ1v) is 6.61. The van der Waals surface area contributed by atoms with Crippen molar-refractivity contribution >= 4 is 46.1 Å². The number of nitrogens with two attached hydrogens (primary N) is 1. The molecule has 2 aromatic rings. The van der Waals surface area contributed by atoms with E-state index in [4.69, 9.17) is 28.9 Å². The smallest absolute Gasteiger partial charge is 0.253 e. The molecule has 0 saturated heterocycles. The predicted octanol–water partition coefficient (Wildman–Crippen LogP) is 2.96. The summed E-state index contributed by atoms with van der Waals surface area (Å²) >= 11 is 13.3. The molecule has 2 rings (SSSR count). The molecule has 1 heterocycles. The van der Waals surface area contributed by atoms with E-state index < -0.39 is 0 Å². The number of hydrogen-bond donors (Lipinski definition) is 2. The molecule has 0 radical (unpaired) electrons. The maximum Gasteiger partial charge on any atom is 0.253 e. The van der Waals surface area contributed by atoms with E-state index in [2.05, 4.69) is 10.3 Å². The number of hydrogen-bond acceptors (Lipinski definition) is 4. The number of aromatic nitrogens is 1. The highest BCUT2D eigenvalue weighted by molar-refractivity contribution is 7.09. The van der Waals surface area contributed by atoms with Gasteiger partial charge in [0, 0.05) is 16.8 Å². The highest BCUT2D eigenvalue weighted by atomic mass is 35.5. The molecule has 3 N–H and O–H groups in total. The molecule has 0 fully saturated rings. The number of amides is 1. The van der Waals surface area contributed by atoms with Gasteiger partial charge in [-0.25, -0.2) is 0 Å². The first kappa shape index (κ1) is 13.1. The molecule has 18 heavy (non-hydrogen) atoms. The zero-order valence-corrected chi connectivity index (χ0v) is 11.4. The Morgan fingerprint density at radius 2 is 2.22 bits per heavy atom. The van der Waals surface area contributed by atoms with Gasteiger partial charge in [0.15, 0.2) is 0 Å². The Bertz CT molecular complexity index is 572. The molecular formula is C11H9Cl2N3OS. The van der Waals surface area contributed by atoms with E-state index in [9.17, 15) is 4.79 Å². The first-order chi connectivity index (χ1) is 8.58. The maximum absolute atomic E-state index is 11.9. The minimum absolute atomic E-state index is 0.202. The van der Waals surface area contributed by atoms with E-state index in [1.807, 2.05) is 0 Å². The monoisotopic (exact) mass is 301 g/mol. The van der Waals surface area contributed by atoms with Crippen LogP contribution in [0.1, 0.15) is 15.2 Å². The molecule has 0 atom stereocenters. The van der Waals surface area contributed by atoms with E-state index in [1.165, 1.54) is 23.5 Å². The summed E-state index contributed by atoms with van der Waals surface area (Å²) < 4.78 is 0. The van der Waals surface area contributed by atoms with Crippen molar-refractivity contribution in [2.75, 3.05) is 5.73 Å². The molecule has 1 aromatic heterocycles. The lowest BCUT2D eigenvalue weighted by molar-refractivity contribution is 0.0951. The summed E-state index contributed by atoms with van der Waals surface area (Å²) in [6.07, 6.45) is 1.69. The molecule has 0 unspecified atom stereocenters. The molecule has 1 amide bonds. The minimum Gasteiger partial charge on any atom is -0.399 e. The highest BCUT2D eigenvalue weighted by Gasteiger charge is 2.14. The van der Waals surface area contributed by atoms with Gasteiger partial charge in [0.2, 0.25) is 0 Å². The van der Waals surface area contributed by atoms with Gasteiger partial charge in [-0.3, -0.25) is 9.78 Å². The number of carbonyl (C=O) groups excluding carboxylic acids is 1. The van der Waals surface area contributed by atoms with E-state index in [-0.39, 0.29) is 21.5 Å². The van der Waals surface area contributed by atoms with Crippen LogP contribution in [0.5, 0.6) is 0 Å². The fourth-order valence-electron chi connectivity index (χ4n) is 1.37. The van der Waals surface area contributed by atoms with Crippen molar-refractivity contribution in [1.29, 1.82) is 0 Å². The summed E-state index contributed by atoms with van der Waals surface area (Å²) in [5.41, 5.74) is 7.99. The van der Waals surface area contributed by atoms with Crippen LogP contribution in [0.25, 0.3) is 0 Å². The van der Waals surface area contributed by atoms with Gasteiger partial charge in [-0.15, -0.1) is 11.3 Å². The number of halogens is 2. The number of nitrogens with zero attached hydrogens (tertiary/aromatic N) is 1. The van der Waals surface area contributed by atoms with Crippen LogP contribution in [0.15, 0.2) is 23.8 Å². The molecule has 0 bridgehead atoms. The molecule has 94 valence electrons. The van der Waals surface area contributed by atoms with Crippen LogP contribution in [0.4, 0.5) is 5.69 Å². The van der Waals surface area contributed by atoms with Gasteiger partial charge in [0.1, 0.15) is 0 Å². The summed E-state index contributed by atoms with van der Waals surface area (Å²) in [6, 6.07) is 3.00. The number of nitrogens with one attached hydrogen (secondary N) is 1. The quantitative estimate of drug-likeness (QED) is 0.857. The molecule has 0 aliphatic carbocycles. The van der Waals surface area contributed by atoms with Crippen molar-refractivity contribution < 1.29 is 4.79 Å². The Kier molecular flexibility index (Phi) is 4.06. The van der Waals surface area contributed by atoms with Gasteiger partial charge >= 0.3 is 0 Å². The van der Waals surface area contributed by atoms with Crippen LogP contribution in [0.3, 0.4) is 0 Å². The van der Waals surface area contributed by atoms with Crippen LogP contribution < -0.4 is 11.1 Å². The zero-order valence-electron chi connectivity index (χ0n) is 9.11. The van der Waals surface area contributed by atoms with Gasteiger partial charge < -0.3 is 11.1 Å². The van der Waals surface area contributed by atoms with Crippen molar-refractivity contribution in [2.24, 2.45) is 0 Å². The fourth-order valence-corrected chi connectivity index (χ4v) is 2.32.